The number of benzene rings is 1. The lowest BCUT2D eigenvalue weighted by Crippen LogP contribution is -2.37. The second kappa shape index (κ2) is 6.64. The summed E-state index contributed by atoms with van der Waals surface area (Å²) in [5.41, 5.74) is 4.34. The van der Waals surface area contributed by atoms with Crippen molar-refractivity contribution >= 4 is 23.6 Å². The Labute approximate surface area is 140 Å². The van der Waals surface area contributed by atoms with Gasteiger partial charge in [-0.05, 0) is 19.9 Å². The lowest BCUT2D eigenvalue weighted by molar-refractivity contribution is 0.121. The van der Waals surface area contributed by atoms with E-state index < -0.39 is 0 Å². The van der Waals surface area contributed by atoms with Crippen LogP contribution in [0.1, 0.15) is 12.6 Å². The van der Waals surface area contributed by atoms with E-state index in [2.05, 4.69) is 38.3 Å². The van der Waals surface area contributed by atoms with E-state index >= 15 is 0 Å². The van der Waals surface area contributed by atoms with Gasteiger partial charge in [0.25, 0.3) is 0 Å². The number of methoxy groups -OCH3 is 1. The summed E-state index contributed by atoms with van der Waals surface area (Å²) in [6, 6.07) is 6.23. The molecule has 0 saturated heterocycles. The molecule has 1 aliphatic heterocycles. The van der Waals surface area contributed by atoms with Crippen LogP contribution in [0.25, 0.3) is 11.1 Å². The number of rotatable bonds is 4. The van der Waals surface area contributed by atoms with E-state index in [1.54, 1.807) is 7.11 Å². The molecule has 1 atom stereocenters. The number of guanidine groups is 1. The normalized spacial score (nSPS) is 14.7. The van der Waals surface area contributed by atoms with Crippen molar-refractivity contribution in [3.63, 3.8) is 0 Å². The smallest absolute Gasteiger partial charge is 0.208 e. The Morgan fingerprint density at radius 2 is 2.22 bits per heavy atom. The minimum atomic E-state index is 0.127. The van der Waals surface area contributed by atoms with Crippen LogP contribution >= 0.6 is 11.9 Å². The van der Waals surface area contributed by atoms with E-state index in [1.165, 1.54) is 11.9 Å². The van der Waals surface area contributed by atoms with Gasteiger partial charge in [-0.2, -0.15) is 9.50 Å². The van der Waals surface area contributed by atoms with Crippen LogP contribution in [-0.4, -0.2) is 35.5 Å². The fourth-order valence-electron chi connectivity index (χ4n) is 2.46. The van der Waals surface area contributed by atoms with Gasteiger partial charge in [0.15, 0.2) is 0 Å². The molecule has 0 saturated carbocycles. The number of aromatic nitrogens is 2. The van der Waals surface area contributed by atoms with E-state index in [4.69, 9.17) is 4.74 Å². The van der Waals surface area contributed by atoms with Gasteiger partial charge in [0, 0.05) is 50.0 Å². The monoisotopic (exact) mass is 331 g/mol. The van der Waals surface area contributed by atoms with Gasteiger partial charge in [0.2, 0.25) is 5.96 Å². The number of para-hydroxylation sites is 1. The molecule has 0 spiro atoms. The standard InChI is InChI=1S/C16H21N5OS/c1-10(22-4)8-17-16-18-15-12(6-5-7-14(15)23-20-16)13-9-21(3)19-11(13)2/h5-7,9-10H,8H2,1-4H3,(H2,17,18,20). The lowest BCUT2D eigenvalue weighted by Gasteiger charge is -2.22. The average molecular weight is 331 g/mol. The number of nitrogens with zero attached hydrogens (tertiary/aromatic N) is 3. The van der Waals surface area contributed by atoms with Crippen molar-refractivity contribution < 1.29 is 4.74 Å². The Hall–Kier alpha value is -1.99. The molecule has 1 aliphatic rings. The van der Waals surface area contributed by atoms with Crippen LogP contribution in [0.2, 0.25) is 0 Å². The third-order valence-electron chi connectivity index (χ3n) is 3.77. The molecule has 1 aromatic carbocycles. The molecule has 0 amide bonds. The van der Waals surface area contributed by atoms with Crippen molar-refractivity contribution in [1.82, 2.24) is 15.1 Å². The zero-order valence-corrected chi connectivity index (χ0v) is 14.6. The molecule has 3 rings (SSSR count). The minimum absolute atomic E-state index is 0.127. The Morgan fingerprint density at radius 3 is 2.91 bits per heavy atom. The van der Waals surface area contributed by atoms with Gasteiger partial charge in [-0.1, -0.05) is 12.1 Å². The predicted molar refractivity (Wildman–Crippen MR) is 94.8 cm³/mol. The maximum atomic E-state index is 5.26. The summed E-state index contributed by atoms with van der Waals surface area (Å²) in [7, 11) is 3.64. The SMILES string of the molecule is COC(C)CNC1=NSc2cccc(-c3cn(C)nc3C)c2N1. The van der Waals surface area contributed by atoms with Crippen LogP contribution in [0.5, 0.6) is 0 Å². The van der Waals surface area contributed by atoms with Crippen molar-refractivity contribution in [2.75, 3.05) is 19.0 Å². The maximum Gasteiger partial charge on any atom is 0.208 e. The summed E-state index contributed by atoms with van der Waals surface area (Å²) < 4.78 is 11.6. The highest BCUT2D eigenvalue weighted by atomic mass is 32.2. The molecule has 0 aliphatic carbocycles. The van der Waals surface area contributed by atoms with Crippen LogP contribution in [-0.2, 0) is 11.8 Å². The summed E-state index contributed by atoms with van der Waals surface area (Å²) in [6.45, 7) is 4.74. The first-order valence-corrected chi connectivity index (χ1v) is 8.28. The average Bonchev–Trinajstić information content (AvgIpc) is 2.90. The van der Waals surface area contributed by atoms with Crippen LogP contribution in [0.15, 0.2) is 33.7 Å². The van der Waals surface area contributed by atoms with E-state index in [1.807, 2.05) is 31.8 Å². The van der Waals surface area contributed by atoms with Gasteiger partial charge < -0.3 is 15.4 Å². The van der Waals surface area contributed by atoms with Gasteiger partial charge in [-0.15, -0.1) is 0 Å². The Morgan fingerprint density at radius 1 is 1.39 bits per heavy atom. The fourth-order valence-corrected chi connectivity index (χ4v) is 3.15. The third kappa shape index (κ3) is 3.35. The van der Waals surface area contributed by atoms with Crippen molar-refractivity contribution in [3.05, 3.63) is 30.1 Å². The van der Waals surface area contributed by atoms with Gasteiger partial charge in [-0.3, -0.25) is 4.68 Å². The van der Waals surface area contributed by atoms with Crippen LogP contribution in [0, 0.1) is 6.92 Å². The second-order valence-electron chi connectivity index (χ2n) is 5.56. The Balaban J connectivity index is 1.87. The summed E-state index contributed by atoms with van der Waals surface area (Å²) in [4.78, 5) is 1.11. The molecular formula is C16H21N5OS. The number of nitrogens with one attached hydrogen (secondary N) is 2. The highest BCUT2D eigenvalue weighted by molar-refractivity contribution is 7.98. The number of hydrogen-bond acceptors (Lipinski definition) is 6. The number of aryl methyl sites for hydroxylation is 2. The van der Waals surface area contributed by atoms with Crippen molar-refractivity contribution in [2.24, 2.45) is 11.4 Å². The molecule has 0 radical (unpaired) electrons. The molecule has 1 unspecified atom stereocenters. The molecule has 2 heterocycles. The summed E-state index contributed by atoms with van der Waals surface area (Å²) in [6.07, 6.45) is 2.17. The van der Waals surface area contributed by atoms with E-state index in [-0.39, 0.29) is 6.10 Å². The molecule has 0 fully saturated rings. The second-order valence-corrected chi connectivity index (χ2v) is 6.37. The molecular weight excluding hydrogens is 310 g/mol. The third-order valence-corrected chi connectivity index (χ3v) is 4.58. The van der Waals surface area contributed by atoms with Gasteiger partial charge in [-0.25, -0.2) is 0 Å². The number of fused-ring (bicyclic) bond motifs is 1. The van der Waals surface area contributed by atoms with Crippen molar-refractivity contribution in [2.45, 2.75) is 24.8 Å². The zero-order valence-electron chi connectivity index (χ0n) is 13.8. The van der Waals surface area contributed by atoms with Crippen LogP contribution in [0.3, 0.4) is 0 Å². The largest absolute Gasteiger partial charge is 0.380 e. The molecule has 1 aromatic heterocycles. The first-order chi connectivity index (χ1) is 11.1. The zero-order chi connectivity index (χ0) is 16.4. The van der Waals surface area contributed by atoms with Crippen LogP contribution in [0.4, 0.5) is 5.69 Å². The van der Waals surface area contributed by atoms with E-state index in [0.717, 1.165) is 33.4 Å². The molecule has 6 nitrogen and oxygen atoms in total. The number of ether oxygens (including phenoxy) is 1. The predicted octanol–water partition coefficient (Wildman–Crippen LogP) is 2.81. The number of hydrogen-bond donors (Lipinski definition) is 2. The highest BCUT2D eigenvalue weighted by Gasteiger charge is 2.19. The topological polar surface area (TPSA) is 63.5 Å². The lowest BCUT2D eigenvalue weighted by atomic mass is 10.0. The highest BCUT2D eigenvalue weighted by Crippen LogP contribution is 2.39. The summed E-state index contributed by atoms with van der Waals surface area (Å²) >= 11 is 1.47. The molecule has 23 heavy (non-hydrogen) atoms. The quantitative estimate of drug-likeness (QED) is 0.844. The van der Waals surface area contributed by atoms with Gasteiger partial charge in [0.1, 0.15) is 0 Å². The minimum Gasteiger partial charge on any atom is -0.380 e. The van der Waals surface area contributed by atoms with Crippen molar-refractivity contribution in [1.29, 1.82) is 0 Å². The van der Waals surface area contributed by atoms with Crippen molar-refractivity contribution in [3.8, 4) is 11.1 Å². The molecule has 2 aromatic rings. The molecule has 7 heteroatoms. The van der Waals surface area contributed by atoms with Gasteiger partial charge >= 0.3 is 0 Å². The van der Waals surface area contributed by atoms with Gasteiger partial charge in [0.05, 0.1) is 22.4 Å². The summed E-state index contributed by atoms with van der Waals surface area (Å²) in [5, 5.41) is 11.1. The number of anilines is 1. The summed E-state index contributed by atoms with van der Waals surface area (Å²) in [5.74, 6) is 0.750. The van der Waals surface area contributed by atoms with E-state index in [0.29, 0.717) is 6.54 Å². The maximum absolute atomic E-state index is 5.26. The molecule has 2 N–H and O–H groups in total. The Bertz CT molecular complexity index is 740. The first-order valence-electron chi connectivity index (χ1n) is 7.51. The first kappa shape index (κ1) is 15.9. The van der Waals surface area contributed by atoms with E-state index in [9.17, 15) is 0 Å². The fraction of sp³-hybridized carbons (Fsp3) is 0.375. The van der Waals surface area contributed by atoms with Crippen LogP contribution < -0.4 is 10.6 Å². The molecule has 0 bridgehead atoms. The Kier molecular flexibility index (Phi) is 4.58. The molecule has 122 valence electrons.